The van der Waals surface area contributed by atoms with Crippen LogP contribution in [0.25, 0.3) is 71.7 Å². The van der Waals surface area contributed by atoms with Crippen LogP contribution in [0.2, 0.25) is 0 Å². The maximum Gasteiger partial charge on any atom is 0.173 e. The molecule has 0 aliphatic heterocycles. The zero-order valence-electron chi connectivity index (χ0n) is 25.9. The van der Waals surface area contributed by atoms with Gasteiger partial charge in [-0.15, -0.1) is 5.73 Å². The molecule has 0 bridgehead atoms. The fraction of sp³-hybridized carbons (Fsp3) is 0. The van der Waals surface area contributed by atoms with Gasteiger partial charge >= 0.3 is 0 Å². The maximum absolute atomic E-state index is 16.3. The monoisotopic (exact) mass is 630 g/mol. The highest BCUT2D eigenvalue weighted by molar-refractivity contribution is 7.83. The largest absolute Gasteiger partial charge is 0.456 e. The molecule has 0 N–H and O–H groups in total. The molecule has 1 aromatic heterocycles. The molecule has 0 saturated heterocycles. The fourth-order valence-corrected chi connectivity index (χ4v) is 10.8. The van der Waals surface area contributed by atoms with E-state index in [1.165, 1.54) is 33.0 Å². The number of hydrogen-bond donors (Lipinski definition) is 0. The van der Waals surface area contributed by atoms with Crippen LogP contribution >= 0.6 is 7.14 Å². The van der Waals surface area contributed by atoms with Crippen molar-refractivity contribution < 1.29 is 8.98 Å². The summed E-state index contributed by atoms with van der Waals surface area (Å²) in [5, 5.41) is 6.86. The molecule has 1 atom stereocenters. The van der Waals surface area contributed by atoms with Crippen molar-refractivity contribution in [3.63, 3.8) is 0 Å². The molecule has 2 nitrogen and oxygen atoms in total. The molecule has 3 heteroatoms. The van der Waals surface area contributed by atoms with Crippen LogP contribution in [-0.4, -0.2) is 0 Å². The lowest BCUT2D eigenvalue weighted by molar-refractivity contribution is 0.591. The summed E-state index contributed by atoms with van der Waals surface area (Å²) in [6, 6.07) is 52.1. The van der Waals surface area contributed by atoms with Gasteiger partial charge in [0, 0.05) is 32.3 Å². The molecule has 7 aromatic carbocycles. The summed E-state index contributed by atoms with van der Waals surface area (Å²) in [4.78, 5) is 0. The average molecular weight is 631 g/mol. The summed E-state index contributed by atoms with van der Waals surface area (Å²) in [6.07, 6.45) is 3.88. The van der Waals surface area contributed by atoms with Crippen molar-refractivity contribution in [2.75, 3.05) is 0 Å². The number of benzene rings is 7. The van der Waals surface area contributed by atoms with E-state index in [4.69, 9.17) is 4.42 Å². The van der Waals surface area contributed by atoms with Gasteiger partial charge in [-0.25, -0.2) is 0 Å². The lowest BCUT2D eigenvalue weighted by Crippen LogP contribution is -2.19. The predicted octanol–water partition coefficient (Wildman–Crippen LogP) is 11.5. The van der Waals surface area contributed by atoms with Gasteiger partial charge in [0.1, 0.15) is 11.2 Å². The van der Waals surface area contributed by atoms with Gasteiger partial charge in [-0.05, 0) is 86.1 Å². The van der Waals surface area contributed by atoms with Crippen molar-refractivity contribution in [1.29, 1.82) is 0 Å². The molecule has 0 fully saturated rings. The first kappa shape index (κ1) is 27.2. The van der Waals surface area contributed by atoms with E-state index in [1.54, 1.807) is 0 Å². The van der Waals surface area contributed by atoms with Crippen LogP contribution in [0.1, 0.15) is 5.56 Å². The van der Waals surface area contributed by atoms with E-state index in [0.29, 0.717) is 0 Å². The normalized spacial score (nSPS) is 14.3. The minimum absolute atomic E-state index is 0.731. The average Bonchev–Trinajstić information content (AvgIpc) is 3.88. The van der Waals surface area contributed by atoms with Crippen molar-refractivity contribution in [2.24, 2.45) is 0 Å². The lowest BCUT2D eigenvalue weighted by atomic mass is 9.98. The Balaban J connectivity index is 1.25. The standard InChI is InChI=1S/C45H27O2P/c46-48(43-24-12-20-33(43)30-15-5-2-6-16-30,42-23-10-9-17-32(42)29-13-3-1-4-14-29)31-25-26-37-40(27-31)47-41-28-39-35-19-8-7-18-34(35)36-21-11-22-38(44(36)39)45(37)41/h1-11,13-28H. The molecular weight excluding hydrogens is 603 g/mol. The van der Waals surface area contributed by atoms with Gasteiger partial charge in [0.25, 0.3) is 0 Å². The van der Waals surface area contributed by atoms with E-state index in [2.05, 4.69) is 96.7 Å². The topological polar surface area (TPSA) is 30.2 Å². The lowest BCUT2D eigenvalue weighted by Gasteiger charge is -2.24. The second-order valence-corrected chi connectivity index (χ2v) is 15.2. The van der Waals surface area contributed by atoms with Gasteiger partial charge in [-0.1, -0.05) is 127 Å². The zero-order chi connectivity index (χ0) is 31.8. The molecule has 2 aliphatic rings. The van der Waals surface area contributed by atoms with Crippen molar-refractivity contribution in [3.8, 4) is 33.4 Å². The predicted molar refractivity (Wildman–Crippen MR) is 200 cm³/mol. The Morgan fingerprint density at radius 3 is 1.94 bits per heavy atom. The van der Waals surface area contributed by atoms with Crippen molar-refractivity contribution >= 4 is 56.0 Å². The van der Waals surface area contributed by atoms with Gasteiger partial charge in [0.15, 0.2) is 7.14 Å². The Bertz CT molecular complexity index is 2780. The summed E-state index contributed by atoms with van der Waals surface area (Å²) in [6.45, 7) is 0. The molecular formula is C45H27O2P. The molecule has 0 radical (unpaired) electrons. The van der Waals surface area contributed by atoms with E-state index < -0.39 is 7.14 Å². The third-order valence-corrected chi connectivity index (χ3v) is 13.0. The van der Waals surface area contributed by atoms with E-state index in [-0.39, 0.29) is 0 Å². The Kier molecular flexibility index (Phi) is 5.84. The second kappa shape index (κ2) is 10.3. The van der Waals surface area contributed by atoms with Crippen LogP contribution in [0, 0.1) is 0 Å². The van der Waals surface area contributed by atoms with Gasteiger partial charge in [0.2, 0.25) is 0 Å². The smallest absolute Gasteiger partial charge is 0.173 e. The second-order valence-electron chi connectivity index (χ2n) is 12.5. The summed E-state index contributed by atoms with van der Waals surface area (Å²) in [5.41, 5.74) is 13.8. The third-order valence-electron chi connectivity index (χ3n) is 9.93. The van der Waals surface area contributed by atoms with Crippen LogP contribution in [0.4, 0.5) is 0 Å². The molecule has 8 aromatic rings. The maximum atomic E-state index is 16.3. The SMILES string of the molecule is O=P(C1=C(c2ccccc2)C=C=C1)(c1ccc2c(c1)oc1cc3c4c(cccc4c12)-c1ccccc1-3)c1ccccc1-c1ccccc1. The number of hydrogen-bond acceptors (Lipinski definition) is 2. The summed E-state index contributed by atoms with van der Waals surface area (Å²) < 4.78 is 23.1. The van der Waals surface area contributed by atoms with E-state index in [0.717, 1.165) is 60.1 Å². The van der Waals surface area contributed by atoms with Gasteiger partial charge in [0.05, 0.1) is 0 Å². The number of fused-ring (bicyclic) bond motifs is 7. The van der Waals surface area contributed by atoms with Crippen molar-refractivity contribution in [2.45, 2.75) is 0 Å². The van der Waals surface area contributed by atoms with E-state index in [1.807, 2.05) is 72.8 Å². The highest BCUT2D eigenvalue weighted by atomic mass is 31.2. The van der Waals surface area contributed by atoms with Crippen LogP contribution in [0.15, 0.2) is 179 Å². The Labute approximate surface area is 278 Å². The minimum Gasteiger partial charge on any atom is -0.456 e. The first-order chi connectivity index (χ1) is 23.7. The molecule has 224 valence electrons. The Hall–Kier alpha value is -5.91. The first-order valence-corrected chi connectivity index (χ1v) is 17.9. The first-order valence-electron chi connectivity index (χ1n) is 16.2. The van der Waals surface area contributed by atoms with Crippen LogP contribution in [-0.2, 0) is 4.57 Å². The van der Waals surface area contributed by atoms with Crippen LogP contribution in [0.3, 0.4) is 0 Å². The Morgan fingerprint density at radius 2 is 1.15 bits per heavy atom. The highest BCUT2D eigenvalue weighted by Crippen LogP contribution is 2.58. The summed E-state index contributed by atoms with van der Waals surface area (Å²) in [7, 11) is -3.47. The van der Waals surface area contributed by atoms with Gasteiger partial charge in [-0.2, -0.15) is 0 Å². The molecule has 10 rings (SSSR count). The number of rotatable bonds is 5. The molecule has 1 unspecified atom stereocenters. The minimum atomic E-state index is -3.47. The molecule has 2 aliphatic carbocycles. The van der Waals surface area contributed by atoms with Gasteiger partial charge < -0.3 is 8.98 Å². The molecule has 48 heavy (non-hydrogen) atoms. The molecule has 0 spiro atoms. The van der Waals surface area contributed by atoms with Crippen LogP contribution in [0.5, 0.6) is 0 Å². The number of furan rings is 1. The Morgan fingerprint density at radius 1 is 0.479 bits per heavy atom. The summed E-state index contributed by atoms with van der Waals surface area (Å²) in [5.74, 6) is 0. The van der Waals surface area contributed by atoms with Gasteiger partial charge in [-0.3, -0.25) is 0 Å². The molecule has 0 amide bonds. The summed E-state index contributed by atoms with van der Waals surface area (Å²) >= 11 is 0. The highest BCUT2D eigenvalue weighted by Gasteiger charge is 2.37. The third kappa shape index (κ3) is 3.79. The van der Waals surface area contributed by atoms with E-state index >= 15 is 4.57 Å². The van der Waals surface area contributed by atoms with E-state index in [9.17, 15) is 0 Å². The van der Waals surface area contributed by atoms with Crippen molar-refractivity contribution in [1.82, 2.24) is 0 Å². The fourth-order valence-electron chi connectivity index (χ4n) is 7.81. The molecule has 0 saturated carbocycles. The van der Waals surface area contributed by atoms with Crippen molar-refractivity contribution in [3.05, 3.63) is 180 Å². The zero-order valence-corrected chi connectivity index (χ0v) is 26.7. The molecule has 1 heterocycles. The van der Waals surface area contributed by atoms with Crippen LogP contribution < -0.4 is 10.6 Å². The quantitative estimate of drug-likeness (QED) is 0.140. The number of allylic oxidation sites excluding steroid dienone is 3.